The van der Waals surface area contributed by atoms with Gasteiger partial charge in [0.2, 0.25) is 0 Å². The molecule has 1 amide bonds. The first-order valence-electron chi connectivity index (χ1n) is 8.55. The molecule has 2 N–H and O–H groups in total. The molecule has 0 atom stereocenters. The van der Waals surface area contributed by atoms with Crippen molar-refractivity contribution in [2.45, 2.75) is 12.8 Å². The van der Waals surface area contributed by atoms with E-state index >= 15 is 0 Å². The fourth-order valence-electron chi connectivity index (χ4n) is 2.86. The molecule has 3 rings (SSSR count). The summed E-state index contributed by atoms with van der Waals surface area (Å²) in [7, 11) is 0. The lowest BCUT2D eigenvalue weighted by atomic mass is 10.2. The number of benzene rings is 2. The Balaban J connectivity index is 1.54. The zero-order chi connectivity index (χ0) is 19.2. The molecule has 1 aliphatic heterocycles. The Hall–Kier alpha value is -2.02. The van der Waals surface area contributed by atoms with Crippen LogP contribution in [0.5, 0.6) is 5.75 Å². The second kappa shape index (κ2) is 9.26. The van der Waals surface area contributed by atoms with E-state index in [0.29, 0.717) is 15.8 Å². The molecule has 0 saturated carbocycles. The molecule has 142 valence electrons. The Morgan fingerprint density at radius 1 is 1.15 bits per heavy atom. The molecule has 5 nitrogen and oxygen atoms in total. The van der Waals surface area contributed by atoms with Gasteiger partial charge in [-0.2, -0.15) is 0 Å². The number of hydrogen-bond donors (Lipinski definition) is 2. The molecule has 0 spiro atoms. The van der Waals surface area contributed by atoms with E-state index < -0.39 is 0 Å². The SMILES string of the molecule is O=C(COc1ccc(Cl)cc1Cl)NC(=S)Nc1ccccc1N1CCCC1. The van der Waals surface area contributed by atoms with Gasteiger partial charge >= 0.3 is 0 Å². The van der Waals surface area contributed by atoms with Crippen molar-refractivity contribution in [3.63, 3.8) is 0 Å². The quantitative estimate of drug-likeness (QED) is 0.693. The van der Waals surface area contributed by atoms with Crippen molar-refractivity contribution in [1.82, 2.24) is 5.32 Å². The maximum atomic E-state index is 12.1. The van der Waals surface area contributed by atoms with Gasteiger partial charge in [-0.15, -0.1) is 0 Å². The summed E-state index contributed by atoms with van der Waals surface area (Å²) in [6.07, 6.45) is 2.36. The highest BCUT2D eigenvalue weighted by atomic mass is 35.5. The maximum absolute atomic E-state index is 12.1. The molecule has 1 saturated heterocycles. The number of halogens is 2. The third-order valence-electron chi connectivity index (χ3n) is 4.10. The Morgan fingerprint density at radius 3 is 2.63 bits per heavy atom. The molecule has 1 heterocycles. The number of para-hydroxylation sites is 2. The summed E-state index contributed by atoms with van der Waals surface area (Å²) in [5.74, 6) is 0.00615. The van der Waals surface area contributed by atoms with Crippen molar-refractivity contribution in [2.75, 3.05) is 29.9 Å². The van der Waals surface area contributed by atoms with Crippen LogP contribution >= 0.6 is 35.4 Å². The van der Waals surface area contributed by atoms with Gasteiger partial charge in [-0.1, -0.05) is 35.3 Å². The predicted molar refractivity (Wildman–Crippen MR) is 114 cm³/mol. The number of nitrogens with zero attached hydrogens (tertiary/aromatic N) is 1. The van der Waals surface area contributed by atoms with Crippen LogP contribution in [-0.4, -0.2) is 30.7 Å². The molecule has 27 heavy (non-hydrogen) atoms. The molecule has 2 aromatic rings. The Kier molecular flexibility index (Phi) is 6.77. The zero-order valence-corrected chi connectivity index (χ0v) is 16.8. The van der Waals surface area contributed by atoms with Gasteiger partial charge in [0.1, 0.15) is 5.75 Å². The summed E-state index contributed by atoms with van der Waals surface area (Å²) < 4.78 is 5.41. The first-order valence-corrected chi connectivity index (χ1v) is 9.72. The first kappa shape index (κ1) is 19.7. The van der Waals surface area contributed by atoms with Gasteiger partial charge in [-0.25, -0.2) is 0 Å². The number of hydrogen-bond acceptors (Lipinski definition) is 4. The second-order valence-corrected chi connectivity index (χ2v) is 7.33. The summed E-state index contributed by atoms with van der Waals surface area (Å²) in [6, 6.07) is 12.7. The summed E-state index contributed by atoms with van der Waals surface area (Å²) in [5.41, 5.74) is 1.95. The minimum Gasteiger partial charge on any atom is -0.482 e. The molecular formula is C19H19Cl2N3O2S. The van der Waals surface area contributed by atoms with Gasteiger partial charge in [0.15, 0.2) is 11.7 Å². The highest BCUT2D eigenvalue weighted by Gasteiger charge is 2.16. The van der Waals surface area contributed by atoms with Crippen LogP contribution in [-0.2, 0) is 4.79 Å². The summed E-state index contributed by atoms with van der Waals surface area (Å²) in [4.78, 5) is 14.4. The Labute approximate surface area is 173 Å². The van der Waals surface area contributed by atoms with E-state index in [1.165, 1.54) is 12.8 Å². The molecule has 0 aliphatic carbocycles. The number of nitrogens with one attached hydrogen (secondary N) is 2. The second-order valence-electron chi connectivity index (χ2n) is 6.08. The Bertz CT molecular complexity index is 841. The van der Waals surface area contributed by atoms with Crippen molar-refractivity contribution in [3.05, 3.63) is 52.5 Å². The van der Waals surface area contributed by atoms with Crippen molar-refractivity contribution in [3.8, 4) is 5.75 Å². The normalized spacial score (nSPS) is 13.3. The largest absolute Gasteiger partial charge is 0.482 e. The van der Waals surface area contributed by atoms with E-state index in [1.54, 1.807) is 18.2 Å². The minimum atomic E-state index is -0.378. The molecule has 1 fully saturated rings. The molecular weight excluding hydrogens is 405 g/mol. The highest BCUT2D eigenvalue weighted by Crippen LogP contribution is 2.29. The molecule has 0 unspecified atom stereocenters. The van der Waals surface area contributed by atoms with Crippen LogP contribution in [0.2, 0.25) is 10.0 Å². The number of carbonyl (C=O) groups is 1. The maximum Gasteiger partial charge on any atom is 0.264 e. The lowest BCUT2D eigenvalue weighted by Gasteiger charge is -2.22. The van der Waals surface area contributed by atoms with Crippen molar-refractivity contribution in [2.24, 2.45) is 0 Å². The van der Waals surface area contributed by atoms with Crippen molar-refractivity contribution >= 4 is 57.8 Å². The van der Waals surface area contributed by atoms with E-state index in [0.717, 1.165) is 24.5 Å². The molecule has 0 aromatic heterocycles. The van der Waals surface area contributed by atoms with Crippen LogP contribution in [0.4, 0.5) is 11.4 Å². The van der Waals surface area contributed by atoms with Crippen LogP contribution < -0.4 is 20.3 Å². The number of amides is 1. The van der Waals surface area contributed by atoms with Gasteiger partial charge in [0, 0.05) is 18.1 Å². The summed E-state index contributed by atoms with van der Waals surface area (Å²) in [6.45, 7) is 1.83. The number of rotatable bonds is 5. The van der Waals surface area contributed by atoms with Crippen LogP contribution in [0.15, 0.2) is 42.5 Å². The number of thiocarbonyl (C=S) groups is 1. The lowest BCUT2D eigenvalue weighted by Crippen LogP contribution is -2.37. The van der Waals surface area contributed by atoms with Crippen LogP contribution in [0.3, 0.4) is 0 Å². The smallest absolute Gasteiger partial charge is 0.264 e. The fourth-order valence-corrected chi connectivity index (χ4v) is 3.55. The van der Waals surface area contributed by atoms with Gasteiger partial charge in [0.05, 0.1) is 16.4 Å². The fraction of sp³-hybridized carbons (Fsp3) is 0.263. The summed E-state index contributed by atoms with van der Waals surface area (Å²) in [5, 5.41) is 6.77. The Morgan fingerprint density at radius 2 is 1.89 bits per heavy atom. The van der Waals surface area contributed by atoms with Gasteiger partial charge in [-0.3, -0.25) is 10.1 Å². The highest BCUT2D eigenvalue weighted by molar-refractivity contribution is 7.80. The van der Waals surface area contributed by atoms with Crippen molar-refractivity contribution < 1.29 is 9.53 Å². The number of ether oxygens (including phenoxy) is 1. The predicted octanol–water partition coefficient (Wildman–Crippen LogP) is 4.49. The van der Waals surface area contributed by atoms with Crippen molar-refractivity contribution in [1.29, 1.82) is 0 Å². The van der Waals surface area contributed by atoms with E-state index in [4.69, 9.17) is 40.2 Å². The lowest BCUT2D eigenvalue weighted by molar-refractivity contribution is -0.121. The van der Waals surface area contributed by atoms with E-state index in [2.05, 4.69) is 15.5 Å². The van der Waals surface area contributed by atoms with Crippen LogP contribution in [0.1, 0.15) is 12.8 Å². The van der Waals surface area contributed by atoms with Crippen LogP contribution in [0.25, 0.3) is 0 Å². The van der Waals surface area contributed by atoms with E-state index in [1.807, 2.05) is 24.3 Å². The van der Waals surface area contributed by atoms with Gasteiger partial charge < -0.3 is 15.0 Å². The standard InChI is InChI=1S/C19H19Cl2N3O2S/c20-13-7-8-17(14(21)11-13)26-12-18(25)23-19(27)22-15-5-1-2-6-16(15)24-9-3-4-10-24/h1-2,5-8,11H,3-4,9-10,12H2,(H2,22,23,25,27). The molecule has 0 bridgehead atoms. The third kappa shape index (κ3) is 5.48. The average molecular weight is 424 g/mol. The third-order valence-corrected chi connectivity index (χ3v) is 4.84. The molecule has 1 aliphatic rings. The zero-order valence-electron chi connectivity index (χ0n) is 14.5. The van der Waals surface area contributed by atoms with Crippen LogP contribution in [0, 0.1) is 0 Å². The molecule has 0 radical (unpaired) electrons. The summed E-state index contributed by atoms with van der Waals surface area (Å²) >= 11 is 17.1. The van der Waals surface area contributed by atoms with Gasteiger partial charge in [0.25, 0.3) is 5.91 Å². The first-order chi connectivity index (χ1) is 13.0. The van der Waals surface area contributed by atoms with Gasteiger partial charge in [-0.05, 0) is 55.4 Å². The number of carbonyl (C=O) groups excluding carboxylic acids is 1. The minimum absolute atomic E-state index is 0.211. The number of anilines is 2. The topological polar surface area (TPSA) is 53.6 Å². The average Bonchev–Trinajstić information content (AvgIpc) is 3.16. The van der Waals surface area contributed by atoms with E-state index in [-0.39, 0.29) is 17.6 Å². The van der Waals surface area contributed by atoms with E-state index in [9.17, 15) is 4.79 Å². The molecule has 8 heteroatoms. The molecule has 2 aromatic carbocycles. The monoisotopic (exact) mass is 423 g/mol.